The van der Waals surface area contributed by atoms with Gasteiger partial charge in [-0.1, -0.05) is 18.6 Å². The fourth-order valence-electron chi connectivity index (χ4n) is 0.403. The first-order valence-corrected chi connectivity index (χ1v) is 3.70. The summed E-state index contributed by atoms with van der Waals surface area (Å²) in [7, 11) is 0. The van der Waals surface area contributed by atoms with Gasteiger partial charge in [0.05, 0.1) is 6.61 Å². The number of hydrogen-bond donors (Lipinski definition) is 1. The molecule has 0 rings (SSSR count). The number of nitrogens with one attached hydrogen (secondary N) is 1. The summed E-state index contributed by atoms with van der Waals surface area (Å²) in [4.78, 5) is 15.4. The Labute approximate surface area is 67.4 Å². The van der Waals surface area contributed by atoms with E-state index in [1.54, 1.807) is 6.92 Å². The fourth-order valence-corrected chi connectivity index (χ4v) is 0.403. The lowest BCUT2D eigenvalue weighted by atomic mass is 10.3. The molecule has 0 aromatic carbocycles. The lowest BCUT2D eigenvalue weighted by Crippen LogP contribution is -2.22. The predicted octanol–water partition coefficient (Wildman–Crippen LogP) is 1.41. The van der Waals surface area contributed by atoms with Crippen molar-refractivity contribution in [2.45, 2.75) is 27.2 Å². The van der Waals surface area contributed by atoms with Crippen LogP contribution in [0.3, 0.4) is 0 Å². The van der Waals surface area contributed by atoms with E-state index < -0.39 is 0 Å². The lowest BCUT2D eigenvalue weighted by Gasteiger charge is -2.00. The van der Waals surface area contributed by atoms with E-state index >= 15 is 0 Å². The number of rotatable bonds is 4. The van der Waals surface area contributed by atoms with Gasteiger partial charge < -0.3 is 0 Å². The van der Waals surface area contributed by atoms with E-state index in [9.17, 15) is 4.79 Å². The first-order valence-electron chi connectivity index (χ1n) is 3.70. The zero-order valence-corrected chi connectivity index (χ0v) is 7.31. The Balaban J connectivity index is 3.28. The van der Waals surface area contributed by atoms with Crippen molar-refractivity contribution in [1.29, 1.82) is 0 Å². The van der Waals surface area contributed by atoms with Crippen molar-refractivity contribution in [3.8, 4) is 0 Å². The van der Waals surface area contributed by atoms with Crippen molar-refractivity contribution >= 4 is 5.91 Å². The average molecular weight is 157 g/mol. The molecule has 0 spiro atoms. The van der Waals surface area contributed by atoms with Gasteiger partial charge in [0.1, 0.15) is 0 Å². The third-order valence-corrected chi connectivity index (χ3v) is 1.08. The topological polar surface area (TPSA) is 38.3 Å². The Morgan fingerprint density at radius 3 is 2.64 bits per heavy atom. The molecule has 0 saturated heterocycles. The van der Waals surface area contributed by atoms with Gasteiger partial charge in [0, 0.05) is 6.42 Å². The van der Waals surface area contributed by atoms with E-state index in [4.69, 9.17) is 4.84 Å². The second-order valence-corrected chi connectivity index (χ2v) is 2.47. The monoisotopic (exact) mass is 157 g/mol. The number of allylic oxidation sites excluding steroid dienone is 1. The molecular weight excluding hydrogens is 142 g/mol. The number of hydroxylamine groups is 1. The summed E-state index contributed by atoms with van der Waals surface area (Å²) in [5.41, 5.74) is 3.48. The van der Waals surface area contributed by atoms with Gasteiger partial charge in [-0.3, -0.25) is 9.63 Å². The summed E-state index contributed by atoms with van der Waals surface area (Å²) in [6.45, 7) is 6.17. The Kier molecular flexibility index (Phi) is 5.47. The van der Waals surface area contributed by atoms with E-state index in [0.717, 1.165) is 0 Å². The van der Waals surface area contributed by atoms with Gasteiger partial charge in [0.2, 0.25) is 5.91 Å². The van der Waals surface area contributed by atoms with Crippen molar-refractivity contribution in [2.75, 3.05) is 6.61 Å². The van der Waals surface area contributed by atoms with Crippen LogP contribution in [0.5, 0.6) is 0 Å². The SMILES string of the molecule is CCC(=O)NOCC=C(C)C. The third kappa shape index (κ3) is 7.06. The van der Waals surface area contributed by atoms with Crippen LogP contribution in [0.25, 0.3) is 0 Å². The van der Waals surface area contributed by atoms with Gasteiger partial charge in [0.15, 0.2) is 0 Å². The molecule has 0 aliphatic carbocycles. The van der Waals surface area contributed by atoms with Gasteiger partial charge in [-0.15, -0.1) is 0 Å². The van der Waals surface area contributed by atoms with Crippen LogP contribution < -0.4 is 5.48 Å². The third-order valence-electron chi connectivity index (χ3n) is 1.08. The van der Waals surface area contributed by atoms with Crippen LogP contribution in [0.15, 0.2) is 11.6 Å². The van der Waals surface area contributed by atoms with E-state index in [1.807, 2.05) is 19.9 Å². The van der Waals surface area contributed by atoms with Crippen LogP contribution in [0, 0.1) is 0 Å². The summed E-state index contributed by atoms with van der Waals surface area (Å²) in [6.07, 6.45) is 2.35. The largest absolute Gasteiger partial charge is 0.273 e. The summed E-state index contributed by atoms with van der Waals surface area (Å²) in [5, 5.41) is 0. The van der Waals surface area contributed by atoms with E-state index in [2.05, 4.69) is 5.48 Å². The Bertz CT molecular complexity index is 148. The van der Waals surface area contributed by atoms with Crippen LogP contribution >= 0.6 is 0 Å². The summed E-state index contributed by atoms with van der Waals surface area (Å²) in [6, 6.07) is 0. The van der Waals surface area contributed by atoms with Crippen LogP contribution in [-0.2, 0) is 9.63 Å². The number of carbonyl (C=O) groups excluding carboxylic acids is 1. The Morgan fingerprint density at radius 2 is 2.18 bits per heavy atom. The predicted molar refractivity (Wildman–Crippen MR) is 43.8 cm³/mol. The molecule has 0 unspecified atom stereocenters. The number of carbonyl (C=O) groups is 1. The lowest BCUT2D eigenvalue weighted by molar-refractivity contribution is -0.132. The molecule has 0 saturated carbocycles. The summed E-state index contributed by atoms with van der Waals surface area (Å²) < 4.78 is 0. The maximum Gasteiger partial charge on any atom is 0.243 e. The number of amides is 1. The van der Waals surface area contributed by atoms with E-state index in [1.165, 1.54) is 5.57 Å². The molecule has 0 heterocycles. The Morgan fingerprint density at radius 1 is 1.55 bits per heavy atom. The molecule has 3 nitrogen and oxygen atoms in total. The standard InChI is InChI=1S/C8H15NO2/c1-4-8(10)9-11-6-5-7(2)3/h5H,4,6H2,1-3H3,(H,9,10). The first kappa shape index (κ1) is 10.2. The maximum absolute atomic E-state index is 10.6. The van der Waals surface area contributed by atoms with Gasteiger partial charge in [-0.2, -0.15) is 0 Å². The molecule has 11 heavy (non-hydrogen) atoms. The molecule has 0 bridgehead atoms. The molecule has 0 radical (unpaired) electrons. The van der Waals surface area contributed by atoms with Crippen molar-refractivity contribution in [3.05, 3.63) is 11.6 Å². The van der Waals surface area contributed by atoms with Crippen molar-refractivity contribution in [1.82, 2.24) is 5.48 Å². The highest BCUT2D eigenvalue weighted by Gasteiger charge is 1.92. The molecule has 0 aliphatic rings. The quantitative estimate of drug-likeness (QED) is 0.380. The zero-order valence-electron chi connectivity index (χ0n) is 7.31. The molecule has 0 fully saturated rings. The van der Waals surface area contributed by atoms with Crippen molar-refractivity contribution in [3.63, 3.8) is 0 Å². The molecule has 64 valence electrons. The molecule has 1 amide bonds. The minimum atomic E-state index is -0.0906. The highest BCUT2D eigenvalue weighted by Crippen LogP contribution is 1.86. The zero-order chi connectivity index (χ0) is 8.69. The fraction of sp³-hybridized carbons (Fsp3) is 0.625. The summed E-state index contributed by atoms with van der Waals surface area (Å²) >= 11 is 0. The molecule has 0 atom stereocenters. The molecule has 1 N–H and O–H groups in total. The van der Waals surface area contributed by atoms with Crippen LogP contribution in [0.2, 0.25) is 0 Å². The van der Waals surface area contributed by atoms with Gasteiger partial charge >= 0.3 is 0 Å². The molecule has 0 aliphatic heterocycles. The smallest absolute Gasteiger partial charge is 0.243 e. The molecule has 3 heteroatoms. The van der Waals surface area contributed by atoms with E-state index in [0.29, 0.717) is 13.0 Å². The van der Waals surface area contributed by atoms with E-state index in [-0.39, 0.29) is 5.91 Å². The normalized spacial score (nSPS) is 9.00. The van der Waals surface area contributed by atoms with Crippen molar-refractivity contribution in [2.24, 2.45) is 0 Å². The van der Waals surface area contributed by atoms with Gasteiger partial charge in [-0.25, -0.2) is 5.48 Å². The maximum atomic E-state index is 10.6. The minimum Gasteiger partial charge on any atom is -0.273 e. The van der Waals surface area contributed by atoms with Crippen molar-refractivity contribution < 1.29 is 9.63 Å². The molecule has 0 aromatic heterocycles. The van der Waals surface area contributed by atoms with Gasteiger partial charge in [-0.05, 0) is 13.8 Å². The summed E-state index contributed by atoms with van der Waals surface area (Å²) in [5.74, 6) is -0.0906. The second-order valence-electron chi connectivity index (χ2n) is 2.47. The first-order chi connectivity index (χ1) is 5.16. The minimum absolute atomic E-state index is 0.0906. The molecular formula is C8H15NO2. The number of hydrogen-bond acceptors (Lipinski definition) is 2. The molecule has 0 aromatic rings. The average Bonchev–Trinajstić information content (AvgIpc) is 1.97. The van der Waals surface area contributed by atoms with Crippen LogP contribution in [0.1, 0.15) is 27.2 Å². The van der Waals surface area contributed by atoms with Crippen LogP contribution in [-0.4, -0.2) is 12.5 Å². The Hall–Kier alpha value is -0.830. The highest BCUT2D eigenvalue weighted by molar-refractivity contribution is 5.74. The van der Waals surface area contributed by atoms with Crippen LogP contribution in [0.4, 0.5) is 0 Å². The van der Waals surface area contributed by atoms with Gasteiger partial charge in [0.25, 0.3) is 0 Å². The second kappa shape index (κ2) is 5.92. The highest BCUT2D eigenvalue weighted by atomic mass is 16.6.